The van der Waals surface area contributed by atoms with Crippen LogP contribution in [0.5, 0.6) is 5.75 Å². The van der Waals surface area contributed by atoms with Gasteiger partial charge in [-0.25, -0.2) is 0 Å². The lowest BCUT2D eigenvalue weighted by molar-refractivity contribution is 0.0922. The predicted octanol–water partition coefficient (Wildman–Crippen LogP) is 3.85. The van der Waals surface area contributed by atoms with Crippen molar-refractivity contribution in [2.45, 2.75) is 19.2 Å². The largest absolute Gasteiger partial charge is 0.489 e. The molecule has 0 saturated heterocycles. The Balaban J connectivity index is 1.79. The molecule has 3 rings (SSSR count). The molecule has 1 heterocycles. The van der Waals surface area contributed by atoms with Crippen molar-refractivity contribution in [1.82, 2.24) is 9.13 Å². The number of rotatable bonds is 7. The number of aliphatic hydroxyl groups excluding tert-OH is 1. The lowest BCUT2D eigenvalue weighted by Crippen LogP contribution is -2.31. The van der Waals surface area contributed by atoms with Gasteiger partial charge in [0.1, 0.15) is 18.5 Å². The molecule has 26 heavy (non-hydrogen) atoms. The highest BCUT2D eigenvalue weighted by Crippen LogP contribution is 2.27. The Morgan fingerprint density at radius 3 is 2.50 bits per heavy atom. The van der Waals surface area contributed by atoms with Crippen LogP contribution in [0.1, 0.15) is 0 Å². The summed E-state index contributed by atoms with van der Waals surface area (Å²) in [5.41, 5.74) is 2.10. The minimum absolute atomic E-state index is 0.0504. The summed E-state index contributed by atoms with van der Waals surface area (Å²) in [6.45, 7) is 4.56. The number of aromatic nitrogens is 2. The van der Waals surface area contributed by atoms with E-state index < -0.39 is 6.10 Å². The van der Waals surface area contributed by atoms with Crippen molar-refractivity contribution in [2.24, 2.45) is 0 Å². The summed E-state index contributed by atoms with van der Waals surface area (Å²) in [6, 6.07) is 12.6. The minimum Gasteiger partial charge on any atom is -0.489 e. The highest BCUT2D eigenvalue weighted by molar-refractivity contribution is 6.35. The first-order valence-electron chi connectivity index (χ1n) is 8.10. The van der Waals surface area contributed by atoms with Crippen LogP contribution in [0, 0.1) is 5.41 Å². The molecule has 2 aromatic carbocycles. The van der Waals surface area contributed by atoms with Crippen LogP contribution in [0.4, 0.5) is 0 Å². The SMILES string of the molecule is C=CCn1c(=N)n(CC(O)COc2ccc(Cl)cc2Cl)c2ccccc21. The fourth-order valence-corrected chi connectivity index (χ4v) is 3.30. The van der Waals surface area contributed by atoms with E-state index in [1.165, 1.54) is 0 Å². The van der Waals surface area contributed by atoms with Crippen molar-refractivity contribution in [2.75, 3.05) is 6.61 Å². The summed E-state index contributed by atoms with van der Waals surface area (Å²) in [4.78, 5) is 0. The third-order valence-electron chi connectivity index (χ3n) is 4.00. The van der Waals surface area contributed by atoms with Crippen LogP contribution in [-0.2, 0) is 13.1 Å². The zero-order valence-electron chi connectivity index (χ0n) is 14.0. The Bertz CT molecular complexity index is 994. The molecule has 0 amide bonds. The molecule has 5 nitrogen and oxygen atoms in total. The second kappa shape index (κ2) is 7.99. The highest BCUT2D eigenvalue weighted by atomic mass is 35.5. The molecule has 2 N–H and O–H groups in total. The third kappa shape index (κ3) is 3.80. The molecular weight excluding hydrogens is 373 g/mol. The monoisotopic (exact) mass is 391 g/mol. The number of hydrogen-bond donors (Lipinski definition) is 2. The van der Waals surface area contributed by atoms with E-state index in [0.29, 0.717) is 28.0 Å². The van der Waals surface area contributed by atoms with Crippen LogP contribution in [0.2, 0.25) is 10.0 Å². The molecule has 0 bridgehead atoms. The number of aliphatic hydroxyl groups is 1. The van der Waals surface area contributed by atoms with Gasteiger partial charge in [0.2, 0.25) is 5.62 Å². The van der Waals surface area contributed by atoms with Crippen molar-refractivity contribution < 1.29 is 9.84 Å². The van der Waals surface area contributed by atoms with Gasteiger partial charge in [0.15, 0.2) is 0 Å². The fraction of sp³-hybridized carbons (Fsp3) is 0.211. The Kier molecular flexibility index (Phi) is 5.71. The number of allylic oxidation sites excluding steroid dienone is 1. The van der Waals surface area contributed by atoms with E-state index >= 15 is 0 Å². The topological polar surface area (TPSA) is 63.2 Å². The molecule has 3 aromatic rings. The smallest absolute Gasteiger partial charge is 0.203 e. The molecule has 0 spiro atoms. The summed E-state index contributed by atoms with van der Waals surface area (Å²) in [7, 11) is 0. The number of nitrogens with zero attached hydrogens (tertiary/aromatic N) is 2. The Labute approximate surface area is 161 Å². The number of fused-ring (bicyclic) bond motifs is 1. The van der Waals surface area contributed by atoms with Crippen LogP contribution in [0.3, 0.4) is 0 Å². The van der Waals surface area contributed by atoms with Crippen molar-refractivity contribution in [3.8, 4) is 5.75 Å². The van der Waals surface area contributed by atoms with Crippen LogP contribution in [0.25, 0.3) is 11.0 Å². The van der Waals surface area contributed by atoms with E-state index in [1.807, 2.05) is 28.8 Å². The average molecular weight is 392 g/mol. The van der Waals surface area contributed by atoms with Crippen LogP contribution >= 0.6 is 23.2 Å². The van der Waals surface area contributed by atoms with E-state index in [2.05, 4.69) is 6.58 Å². The van der Waals surface area contributed by atoms with Gasteiger partial charge in [-0.2, -0.15) is 0 Å². The number of para-hydroxylation sites is 2. The van der Waals surface area contributed by atoms with Gasteiger partial charge in [0.05, 0.1) is 22.6 Å². The number of nitrogens with one attached hydrogen (secondary N) is 1. The molecule has 0 aliphatic rings. The Hall–Kier alpha value is -2.21. The number of halogens is 2. The van der Waals surface area contributed by atoms with Gasteiger partial charge in [0.25, 0.3) is 0 Å². The first-order chi connectivity index (χ1) is 12.5. The third-order valence-corrected chi connectivity index (χ3v) is 4.54. The molecule has 1 aromatic heterocycles. The van der Waals surface area contributed by atoms with Crippen molar-refractivity contribution in [3.05, 3.63) is 70.8 Å². The van der Waals surface area contributed by atoms with E-state index in [0.717, 1.165) is 11.0 Å². The Morgan fingerprint density at radius 1 is 1.15 bits per heavy atom. The normalized spacial score (nSPS) is 12.3. The van der Waals surface area contributed by atoms with E-state index in [4.69, 9.17) is 33.3 Å². The predicted molar refractivity (Wildman–Crippen MR) is 104 cm³/mol. The second-order valence-electron chi connectivity index (χ2n) is 5.86. The van der Waals surface area contributed by atoms with E-state index in [9.17, 15) is 5.11 Å². The maximum atomic E-state index is 10.4. The second-order valence-corrected chi connectivity index (χ2v) is 6.71. The van der Waals surface area contributed by atoms with Crippen LogP contribution in [0.15, 0.2) is 55.1 Å². The van der Waals surface area contributed by atoms with Gasteiger partial charge in [-0.15, -0.1) is 6.58 Å². The van der Waals surface area contributed by atoms with Crippen molar-refractivity contribution in [1.29, 1.82) is 5.41 Å². The molecule has 0 saturated carbocycles. The number of benzene rings is 2. The Morgan fingerprint density at radius 2 is 1.85 bits per heavy atom. The molecule has 0 fully saturated rings. The minimum atomic E-state index is -0.807. The van der Waals surface area contributed by atoms with Crippen molar-refractivity contribution >= 4 is 34.2 Å². The number of ether oxygens (including phenoxy) is 1. The first kappa shape index (κ1) is 18.6. The molecule has 1 unspecified atom stereocenters. The molecule has 136 valence electrons. The van der Waals surface area contributed by atoms with Crippen LogP contribution < -0.4 is 10.4 Å². The standard InChI is InChI=1S/C19H19Cl2N3O2/c1-2-9-23-16-5-3-4-6-17(16)24(19(23)22)11-14(25)12-26-18-8-7-13(20)10-15(18)21/h2-8,10,14,22,25H,1,9,11-12H2. The van der Waals surface area contributed by atoms with E-state index in [-0.39, 0.29) is 13.2 Å². The quantitative estimate of drug-likeness (QED) is 0.600. The molecule has 0 radical (unpaired) electrons. The summed E-state index contributed by atoms with van der Waals surface area (Å²) < 4.78 is 9.19. The number of hydrogen-bond acceptors (Lipinski definition) is 3. The van der Waals surface area contributed by atoms with Gasteiger partial charge < -0.3 is 19.0 Å². The summed E-state index contributed by atoms with van der Waals surface area (Å²) >= 11 is 11.9. The fourth-order valence-electron chi connectivity index (χ4n) is 2.83. The highest BCUT2D eigenvalue weighted by Gasteiger charge is 2.14. The zero-order chi connectivity index (χ0) is 18.7. The van der Waals surface area contributed by atoms with Gasteiger partial charge >= 0.3 is 0 Å². The van der Waals surface area contributed by atoms with Crippen LogP contribution in [-0.4, -0.2) is 27.0 Å². The first-order valence-corrected chi connectivity index (χ1v) is 8.86. The molecule has 7 heteroatoms. The van der Waals surface area contributed by atoms with Gasteiger partial charge in [-0.05, 0) is 30.3 Å². The number of imidazole rings is 1. The molecular formula is C19H19Cl2N3O2. The van der Waals surface area contributed by atoms with Crippen molar-refractivity contribution in [3.63, 3.8) is 0 Å². The average Bonchev–Trinajstić information content (AvgIpc) is 2.87. The van der Waals surface area contributed by atoms with Gasteiger partial charge in [0, 0.05) is 11.6 Å². The van der Waals surface area contributed by atoms with E-state index in [1.54, 1.807) is 28.8 Å². The van der Waals surface area contributed by atoms with Gasteiger partial charge in [-0.3, -0.25) is 5.41 Å². The summed E-state index contributed by atoms with van der Waals surface area (Å²) in [5, 5.41) is 19.7. The summed E-state index contributed by atoms with van der Waals surface area (Å²) in [5.74, 6) is 0.459. The molecule has 0 aliphatic carbocycles. The lowest BCUT2D eigenvalue weighted by Gasteiger charge is -2.14. The maximum absolute atomic E-state index is 10.4. The lowest BCUT2D eigenvalue weighted by atomic mass is 10.3. The zero-order valence-corrected chi connectivity index (χ0v) is 15.5. The summed E-state index contributed by atoms with van der Waals surface area (Å²) in [6.07, 6.45) is 0.940. The molecule has 0 aliphatic heterocycles. The maximum Gasteiger partial charge on any atom is 0.203 e. The molecule has 1 atom stereocenters. The van der Waals surface area contributed by atoms with Gasteiger partial charge in [-0.1, -0.05) is 41.4 Å².